The van der Waals surface area contributed by atoms with E-state index in [0.29, 0.717) is 27.5 Å². The number of benzene rings is 9. The first-order valence-electron chi connectivity index (χ1n) is 25.5. The lowest BCUT2D eigenvalue weighted by Gasteiger charge is -2.27. The number of aromatic nitrogens is 1. The van der Waals surface area contributed by atoms with Crippen molar-refractivity contribution in [3.05, 3.63) is 206 Å². The summed E-state index contributed by atoms with van der Waals surface area (Å²) in [6.07, 6.45) is 0. The van der Waals surface area contributed by atoms with Gasteiger partial charge in [0.2, 0.25) is 0 Å². The van der Waals surface area contributed by atoms with Gasteiger partial charge in [0.1, 0.15) is 11.2 Å². The van der Waals surface area contributed by atoms with Crippen LogP contribution in [0.1, 0.15) is 21.9 Å². The summed E-state index contributed by atoms with van der Waals surface area (Å²) < 4.78 is 152. The quantitative estimate of drug-likeness (QED) is 0.171. The van der Waals surface area contributed by atoms with Gasteiger partial charge in [0.25, 0.3) is 0 Å². The van der Waals surface area contributed by atoms with Crippen molar-refractivity contribution in [2.45, 2.75) is 0 Å². The molecule has 0 saturated heterocycles. The van der Waals surface area contributed by atoms with Gasteiger partial charge in [-0.1, -0.05) is 133 Å². The highest BCUT2D eigenvalue weighted by atomic mass is 16.3. The molecule has 0 aliphatic heterocycles. The van der Waals surface area contributed by atoms with Crippen molar-refractivity contribution in [2.75, 3.05) is 4.90 Å². The van der Waals surface area contributed by atoms with Gasteiger partial charge in [0, 0.05) is 38.8 Å². The lowest BCUT2D eigenvalue weighted by Crippen LogP contribution is -2.10. The monoisotopic (exact) mass is 718 g/mol. The molecule has 11 aromatic rings. The molecule has 0 radical (unpaired) electrons. The molecule has 2 aromatic heterocycles. The Bertz CT molecular complexity index is 4040. The SMILES string of the molecule is [2H]c1c([2H])c([2H])c(N(c2c([2H])c([2H])c(-c3c([2H])c([2H])c4c([2H])c([2H])c([2H])c([2H])c4c3[2H])c([2H])c2[2H])c2ccc(-c3ccc(-n4c5ccccc5c5ccccc54)cc3)c3oc4ccccc4c23)c([2H])c1[2H]. The van der Waals surface area contributed by atoms with Crippen LogP contribution < -0.4 is 4.90 Å². The van der Waals surface area contributed by atoms with E-state index < -0.39 is 130 Å². The highest BCUT2D eigenvalue weighted by Crippen LogP contribution is 2.46. The number of fused-ring (bicyclic) bond motifs is 7. The van der Waals surface area contributed by atoms with Gasteiger partial charge in [-0.15, -0.1) is 0 Å². The molecule has 0 saturated carbocycles. The third-order valence-electron chi connectivity index (χ3n) is 9.81. The summed E-state index contributed by atoms with van der Waals surface area (Å²) >= 11 is 0. The van der Waals surface area contributed by atoms with Gasteiger partial charge in [-0.3, -0.25) is 0 Å². The van der Waals surface area contributed by atoms with E-state index in [-0.39, 0.29) is 5.69 Å². The van der Waals surface area contributed by atoms with Crippen LogP contribution in [0.25, 0.3) is 82.5 Å². The van der Waals surface area contributed by atoms with Crippen LogP contribution in [0.5, 0.6) is 0 Å². The number of para-hydroxylation sites is 4. The molecule has 2 heterocycles. The highest BCUT2D eigenvalue weighted by molar-refractivity contribution is 6.17. The summed E-state index contributed by atoms with van der Waals surface area (Å²) in [5.41, 5.74) is 2.70. The van der Waals surface area contributed by atoms with E-state index in [0.717, 1.165) is 38.0 Å². The van der Waals surface area contributed by atoms with E-state index in [1.807, 2.05) is 48.5 Å². The fourth-order valence-corrected chi connectivity index (χ4v) is 7.37. The molecule has 0 amide bonds. The molecule has 0 aliphatic rings. The average molecular weight is 719 g/mol. The van der Waals surface area contributed by atoms with Crippen LogP contribution in [-0.2, 0) is 0 Å². The first-order valence-corrected chi connectivity index (χ1v) is 17.5. The minimum Gasteiger partial charge on any atom is -0.455 e. The van der Waals surface area contributed by atoms with Crippen molar-refractivity contribution < 1.29 is 26.3 Å². The van der Waals surface area contributed by atoms with Crippen LogP contribution in [0.15, 0.2) is 210 Å². The smallest absolute Gasteiger partial charge is 0.145 e. The zero-order valence-corrected chi connectivity index (χ0v) is 28.7. The Morgan fingerprint density at radius 3 is 1.84 bits per heavy atom. The highest BCUT2D eigenvalue weighted by Gasteiger charge is 2.22. The molecule has 55 heavy (non-hydrogen) atoms. The van der Waals surface area contributed by atoms with Gasteiger partial charge in [0.15, 0.2) is 0 Å². The number of furan rings is 1. The van der Waals surface area contributed by atoms with E-state index in [4.69, 9.17) is 18.1 Å². The number of rotatable bonds is 6. The molecular weight excluding hydrogens is 669 g/mol. The Morgan fingerprint density at radius 2 is 1.09 bits per heavy atom. The van der Waals surface area contributed by atoms with Crippen LogP contribution in [-0.4, -0.2) is 4.57 Å². The topological polar surface area (TPSA) is 21.3 Å². The van der Waals surface area contributed by atoms with Gasteiger partial charge in [-0.25, -0.2) is 0 Å². The second-order valence-corrected chi connectivity index (χ2v) is 12.9. The molecule has 0 atom stereocenters. The summed E-state index contributed by atoms with van der Waals surface area (Å²) in [5, 5.41) is 2.16. The maximum atomic E-state index is 9.63. The largest absolute Gasteiger partial charge is 0.455 e. The van der Waals surface area contributed by atoms with E-state index in [9.17, 15) is 8.22 Å². The second kappa shape index (κ2) is 12.6. The molecule has 3 nitrogen and oxygen atoms in total. The Morgan fingerprint density at radius 1 is 0.473 bits per heavy atom. The molecule has 0 unspecified atom stereocenters. The van der Waals surface area contributed by atoms with Crippen LogP contribution in [0.4, 0.5) is 17.1 Å². The maximum Gasteiger partial charge on any atom is 0.145 e. The predicted octanol–water partition coefficient (Wildman–Crippen LogP) is 14.6. The summed E-state index contributed by atoms with van der Waals surface area (Å²) in [4.78, 5) is 1.08. The first-order chi connectivity index (χ1) is 34.0. The standard InChI is InChI=1S/C52H34N2O/c1-2-14-40(15-3-1)53(41-28-24-36(25-29-41)39-23-22-35-12-4-5-13-38(35)34-39)49-33-32-43(52-51(49)46-18-8-11-21-50(46)55-52)37-26-30-42(31-27-37)54-47-19-9-6-16-44(47)45-17-7-10-20-48(45)54/h1-34H/i1D,2D,3D,4D,5D,12D,13D,14D,15D,22D,23D,24D,25D,28D,29D,34D. The molecule has 0 spiro atoms. The molecule has 258 valence electrons. The van der Waals surface area contributed by atoms with Crippen molar-refractivity contribution in [2.24, 2.45) is 0 Å². The lowest BCUT2D eigenvalue weighted by molar-refractivity contribution is 0.670. The molecule has 11 rings (SSSR count). The minimum absolute atomic E-state index is 0.0557. The Balaban J connectivity index is 1.18. The zero-order chi connectivity index (χ0) is 50.2. The fourth-order valence-electron chi connectivity index (χ4n) is 7.37. The molecule has 3 heteroatoms. The number of nitrogens with zero attached hydrogens (tertiary/aromatic N) is 2. The molecule has 0 N–H and O–H groups in total. The predicted molar refractivity (Wildman–Crippen MR) is 231 cm³/mol. The van der Waals surface area contributed by atoms with Gasteiger partial charge < -0.3 is 13.9 Å². The van der Waals surface area contributed by atoms with Gasteiger partial charge in [0.05, 0.1) is 44.0 Å². The van der Waals surface area contributed by atoms with E-state index >= 15 is 0 Å². The van der Waals surface area contributed by atoms with Crippen molar-refractivity contribution in [1.29, 1.82) is 0 Å². The third-order valence-corrected chi connectivity index (χ3v) is 9.81. The second-order valence-electron chi connectivity index (χ2n) is 12.9. The number of hydrogen-bond acceptors (Lipinski definition) is 2. The van der Waals surface area contributed by atoms with Crippen LogP contribution >= 0.6 is 0 Å². The summed E-state index contributed by atoms with van der Waals surface area (Å²) in [6.45, 7) is 0. The summed E-state index contributed by atoms with van der Waals surface area (Å²) in [6, 6.07) is 22.5. The van der Waals surface area contributed by atoms with Crippen LogP contribution in [0.3, 0.4) is 0 Å². The maximum absolute atomic E-state index is 9.63. The van der Waals surface area contributed by atoms with E-state index in [1.54, 1.807) is 36.4 Å². The third kappa shape index (κ3) is 5.13. The zero-order valence-electron chi connectivity index (χ0n) is 44.7. The van der Waals surface area contributed by atoms with E-state index in [1.165, 1.54) is 0 Å². The first kappa shape index (κ1) is 19.1. The molecule has 9 aromatic carbocycles. The summed E-state index contributed by atoms with van der Waals surface area (Å²) in [5.74, 6) is 0. The summed E-state index contributed by atoms with van der Waals surface area (Å²) in [7, 11) is 0. The fraction of sp³-hybridized carbons (Fsp3) is 0. The molecule has 0 fully saturated rings. The Kier molecular flexibility index (Phi) is 4.39. The average Bonchev–Trinajstić information content (AvgIpc) is 3.94. The van der Waals surface area contributed by atoms with Crippen molar-refractivity contribution in [3.8, 4) is 27.9 Å². The van der Waals surface area contributed by atoms with Crippen molar-refractivity contribution in [1.82, 2.24) is 4.57 Å². The van der Waals surface area contributed by atoms with Crippen LogP contribution in [0, 0.1) is 0 Å². The lowest BCUT2D eigenvalue weighted by atomic mass is 9.99. The van der Waals surface area contributed by atoms with Gasteiger partial charge in [-0.05, 0) is 100 Å². The van der Waals surface area contributed by atoms with Crippen LogP contribution in [0.2, 0.25) is 0 Å². The van der Waals surface area contributed by atoms with Crippen molar-refractivity contribution in [3.63, 3.8) is 0 Å². The Labute approximate surface area is 341 Å². The number of anilines is 3. The minimum atomic E-state index is -0.840. The van der Waals surface area contributed by atoms with Gasteiger partial charge >= 0.3 is 0 Å². The molecular formula is C52H34N2O. The number of hydrogen-bond donors (Lipinski definition) is 0. The van der Waals surface area contributed by atoms with E-state index in [2.05, 4.69) is 28.8 Å². The Hall–Kier alpha value is -7.36. The molecule has 0 aliphatic carbocycles. The van der Waals surface area contributed by atoms with Crippen molar-refractivity contribution >= 4 is 71.6 Å². The van der Waals surface area contributed by atoms with Gasteiger partial charge in [-0.2, -0.15) is 0 Å². The molecule has 0 bridgehead atoms. The normalized spacial score (nSPS) is 15.7.